The van der Waals surface area contributed by atoms with Crippen molar-refractivity contribution in [3.63, 3.8) is 0 Å². The first-order valence-electron chi connectivity index (χ1n) is 5.50. The topological polar surface area (TPSA) is 0 Å². The Bertz CT molecular complexity index is 582. The molecule has 0 N–H and O–H groups in total. The Labute approximate surface area is 128 Å². The van der Waals surface area contributed by atoms with Crippen molar-refractivity contribution in [2.75, 3.05) is 0 Å². The van der Waals surface area contributed by atoms with Crippen molar-refractivity contribution >= 4 is 39.1 Å². The molecule has 0 saturated heterocycles. The van der Waals surface area contributed by atoms with Crippen LogP contribution in [-0.2, 0) is 6.42 Å². The molecule has 2 rings (SSSR count). The van der Waals surface area contributed by atoms with Gasteiger partial charge in [0.1, 0.15) is 0 Å². The maximum Gasteiger partial charge on any atom is 0.162 e. The molecule has 2 aromatic rings. The van der Waals surface area contributed by atoms with Gasteiger partial charge in [0, 0.05) is 9.50 Å². The molecule has 0 aliphatic heterocycles. The average molecular weight is 366 g/mol. The van der Waals surface area contributed by atoms with E-state index in [1.807, 2.05) is 0 Å². The smallest absolute Gasteiger partial charge is 0.162 e. The van der Waals surface area contributed by atoms with E-state index < -0.39 is 17.0 Å². The molecule has 0 saturated carbocycles. The quantitative estimate of drug-likeness (QED) is 0.593. The normalized spacial score (nSPS) is 12.5. The van der Waals surface area contributed by atoms with Crippen molar-refractivity contribution in [3.8, 4) is 0 Å². The number of hydrogen-bond acceptors (Lipinski definition) is 0. The third-order valence-electron chi connectivity index (χ3n) is 2.68. The summed E-state index contributed by atoms with van der Waals surface area (Å²) in [6.45, 7) is 0. The van der Waals surface area contributed by atoms with Crippen LogP contribution in [0.3, 0.4) is 0 Å². The fraction of sp³-hybridized carbons (Fsp3) is 0.143. The largest absolute Gasteiger partial charge is 0.204 e. The van der Waals surface area contributed by atoms with Crippen molar-refractivity contribution in [2.24, 2.45) is 0 Å². The van der Waals surface area contributed by atoms with Gasteiger partial charge in [0.15, 0.2) is 11.6 Å². The van der Waals surface area contributed by atoms with Crippen molar-refractivity contribution in [3.05, 3.63) is 68.7 Å². The minimum absolute atomic E-state index is 0.192. The van der Waals surface area contributed by atoms with E-state index in [1.54, 1.807) is 18.2 Å². The zero-order valence-corrected chi connectivity index (χ0v) is 12.7. The Morgan fingerprint density at radius 3 is 2.58 bits per heavy atom. The fourth-order valence-corrected chi connectivity index (χ4v) is 2.95. The van der Waals surface area contributed by atoms with Crippen molar-refractivity contribution in [1.82, 2.24) is 0 Å². The maximum atomic E-state index is 13.6. The molecule has 0 aliphatic carbocycles. The number of benzene rings is 2. The standard InChI is InChI=1S/C14H9BrCl2F2/c15-10-4-9(5-11(16)7-10)12(17)6-8-2-1-3-13(18)14(8)19/h1-5,7,12H,6H2. The third-order valence-corrected chi connectivity index (χ3v) is 3.76. The molecule has 0 aromatic heterocycles. The summed E-state index contributed by atoms with van der Waals surface area (Å²) in [6, 6.07) is 9.32. The zero-order chi connectivity index (χ0) is 14.0. The van der Waals surface area contributed by atoms with Crippen LogP contribution < -0.4 is 0 Å². The van der Waals surface area contributed by atoms with Crippen molar-refractivity contribution in [1.29, 1.82) is 0 Å². The summed E-state index contributed by atoms with van der Waals surface area (Å²) >= 11 is 15.5. The minimum atomic E-state index is -0.867. The summed E-state index contributed by atoms with van der Waals surface area (Å²) in [4.78, 5) is 0. The molecule has 0 spiro atoms. The van der Waals surface area contributed by atoms with Crippen LogP contribution in [0.2, 0.25) is 5.02 Å². The van der Waals surface area contributed by atoms with E-state index in [9.17, 15) is 8.78 Å². The third kappa shape index (κ3) is 3.68. The number of alkyl halides is 1. The van der Waals surface area contributed by atoms with E-state index in [-0.39, 0.29) is 12.0 Å². The predicted octanol–water partition coefficient (Wildman–Crippen LogP) is 5.90. The van der Waals surface area contributed by atoms with E-state index in [2.05, 4.69) is 15.9 Å². The molecule has 0 bridgehead atoms. The zero-order valence-electron chi connectivity index (χ0n) is 9.64. The first-order valence-corrected chi connectivity index (χ1v) is 7.11. The molecule has 0 aliphatic rings. The fourth-order valence-electron chi connectivity index (χ4n) is 1.77. The van der Waals surface area contributed by atoms with Crippen molar-refractivity contribution < 1.29 is 8.78 Å². The van der Waals surface area contributed by atoms with Crippen molar-refractivity contribution in [2.45, 2.75) is 11.8 Å². The average Bonchev–Trinajstić information content (AvgIpc) is 2.33. The summed E-state index contributed by atoms with van der Waals surface area (Å²) < 4.78 is 27.5. The van der Waals surface area contributed by atoms with Crippen LogP contribution in [0.1, 0.15) is 16.5 Å². The molecule has 0 amide bonds. The first kappa shape index (κ1) is 14.8. The van der Waals surface area contributed by atoms with Crippen LogP contribution >= 0.6 is 39.1 Å². The molecule has 100 valence electrons. The van der Waals surface area contributed by atoms with Gasteiger partial charge in [-0.3, -0.25) is 0 Å². The Morgan fingerprint density at radius 1 is 1.16 bits per heavy atom. The van der Waals surface area contributed by atoms with Crippen LogP contribution in [0.25, 0.3) is 0 Å². The molecule has 1 atom stereocenters. The lowest BCUT2D eigenvalue weighted by Gasteiger charge is -2.12. The highest BCUT2D eigenvalue weighted by atomic mass is 79.9. The lowest BCUT2D eigenvalue weighted by Crippen LogP contribution is -2.00. The summed E-state index contributed by atoms with van der Waals surface area (Å²) in [7, 11) is 0. The number of rotatable bonds is 3. The van der Waals surface area contributed by atoms with Gasteiger partial charge in [-0.25, -0.2) is 8.78 Å². The van der Waals surface area contributed by atoms with E-state index in [0.717, 1.165) is 16.1 Å². The lowest BCUT2D eigenvalue weighted by atomic mass is 10.0. The molecule has 2 aromatic carbocycles. The lowest BCUT2D eigenvalue weighted by molar-refractivity contribution is 0.498. The van der Waals surface area contributed by atoms with Gasteiger partial charge in [-0.15, -0.1) is 11.6 Å². The van der Waals surface area contributed by atoms with Gasteiger partial charge in [0.05, 0.1) is 5.38 Å². The van der Waals surface area contributed by atoms with Gasteiger partial charge in [-0.1, -0.05) is 39.7 Å². The molecule has 0 radical (unpaired) electrons. The first-order chi connectivity index (χ1) is 8.97. The van der Waals surface area contributed by atoms with E-state index >= 15 is 0 Å². The second-order valence-corrected chi connectivity index (χ2v) is 5.97. The van der Waals surface area contributed by atoms with Gasteiger partial charge in [0.25, 0.3) is 0 Å². The van der Waals surface area contributed by atoms with E-state index in [0.29, 0.717) is 5.02 Å². The Balaban J connectivity index is 2.25. The van der Waals surface area contributed by atoms with Gasteiger partial charge in [-0.2, -0.15) is 0 Å². The highest BCUT2D eigenvalue weighted by Crippen LogP contribution is 2.30. The summed E-state index contributed by atoms with van der Waals surface area (Å²) in [5.41, 5.74) is 1.00. The Kier molecular flexibility index (Phi) is 4.82. The van der Waals surface area contributed by atoms with E-state index in [4.69, 9.17) is 23.2 Å². The number of halogens is 5. The molecule has 0 nitrogen and oxygen atoms in total. The summed E-state index contributed by atoms with van der Waals surface area (Å²) in [6.07, 6.45) is 0.192. The van der Waals surface area contributed by atoms with Crippen LogP contribution in [0, 0.1) is 11.6 Å². The summed E-state index contributed by atoms with van der Waals surface area (Å²) in [5.74, 6) is -1.72. The summed E-state index contributed by atoms with van der Waals surface area (Å²) in [5, 5.41) is 0.0565. The molecular weight excluding hydrogens is 357 g/mol. The van der Waals surface area contributed by atoms with Gasteiger partial charge in [-0.05, 0) is 41.8 Å². The molecule has 1 unspecified atom stereocenters. The molecule has 5 heteroatoms. The molecule has 0 fully saturated rings. The molecular formula is C14H9BrCl2F2. The second kappa shape index (κ2) is 6.21. The van der Waals surface area contributed by atoms with Crippen LogP contribution in [0.5, 0.6) is 0 Å². The Hall–Kier alpha value is -0.640. The Morgan fingerprint density at radius 2 is 1.89 bits per heavy atom. The van der Waals surface area contributed by atoms with E-state index in [1.165, 1.54) is 12.1 Å². The van der Waals surface area contributed by atoms with Crippen LogP contribution in [0.4, 0.5) is 8.78 Å². The van der Waals surface area contributed by atoms with Crippen LogP contribution in [0.15, 0.2) is 40.9 Å². The highest BCUT2D eigenvalue weighted by Gasteiger charge is 2.15. The highest BCUT2D eigenvalue weighted by molar-refractivity contribution is 9.10. The number of hydrogen-bond donors (Lipinski definition) is 0. The van der Waals surface area contributed by atoms with Gasteiger partial charge < -0.3 is 0 Å². The molecule has 19 heavy (non-hydrogen) atoms. The second-order valence-electron chi connectivity index (χ2n) is 4.09. The minimum Gasteiger partial charge on any atom is -0.204 e. The van der Waals surface area contributed by atoms with Gasteiger partial charge in [0.2, 0.25) is 0 Å². The predicted molar refractivity (Wildman–Crippen MR) is 77.8 cm³/mol. The van der Waals surface area contributed by atoms with Crippen LogP contribution in [-0.4, -0.2) is 0 Å². The maximum absolute atomic E-state index is 13.6. The molecule has 0 heterocycles. The van der Waals surface area contributed by atoms with Gasteiger partial charge >= 0.3 is 0 Å². The SMILES string of the molecule is Fc1cccc(CC(Cl)c2cc(Cl)cc(Br)c2)c1F. The monoisotopic (exact) mass is 364 g/mol.